The van der Waals surface area contributed by atoms with Gasteiger partial charge in [-0.15, -0.1) is 0 Å². The van der Waals surface area contributed by atoms with Crippen LogP contribution in [0.25, 0.3) is 0 Å². The third-order valence-electron chi connectivity index (χ3n) is 1.15. The normalized spacial score (nSPS) is 10.2. The van der Waals surface area contributed by atoms with E-state index in [1.165, 1.54) is 4.90 Å². The Morgan fingerprint density at radius 3 is 2.27 bits per heavy atom. The molecule has 0 aromatic carbocycles. The molecule has 0 aromatic heterocycles. The molecule has 1 radical (unpaired) electrons. The van der Waals surface area contributed by atoms with Gasteiger partial charge in [0.2, 0.25) is 0 Å². The lowest BCUT2D eigenvalue weighted by Crippen LogP contribution is -2.34. The van der Waals surface area contributed by atoms with Crippen molar-refractivity contribution in [1.29, 1.82) is 0 Å². The van der Waals surface area contributed by atoms with Gasteiger partial charge in [0, 0.05) is 13.1 Å². The van der Waals surface area contributed by atoms with E-state index in [-0.39, 0.29) is 13.2 Å². The van der Waals surface area contributed by atoms with E-state index < -0.39 is 6.09 Å². The molecule has 0 spiro atoms. The molecule has 4 nitrogen and oxygen atoms in total. The lowest BCUT2D eigenvalue weighted by atomic mass is 10.2. The van der Waals surface area contributed by atoms with Gasteiger partial charge in [0.05, 0.1) is 6.61 Å². The SMILES string of the molecule is C[C](C)CN(CCO)C(=O)O. The first-order valence-electron chi connectivity index (χ1n) is 3.45. The van der Waals surface area contributed by atoms with E-state index in [9.17, 15) is 4.79 Å². The van der Waals surface area contributed by atoms with E-state index >= 15 is 0 Å². The van der Waals surface area contributed by atoms with Gasteiger partial charge in [-0.05, 0) is 5.92 Å². The number of aliphatic hydroxyl groups is 1. The molecule has 0 aliphatic heterocycles. The third-order valence-corrected chi connectivity index (χ3v) is 1.15. The van der Waals surface area contributed by atoms with Gasteiger partial charge >= 0.3 is 6.09 Å². The van der Waals surface area contributed by atoms with Crippen molar-refractivity contribution in [1.82, 2.24) is 4.90 Å². The van der Waals surface area contributed by atoms with E-state index in [0.717, 1.165) is 5.92 Å². The fraction of sp³-hybridized carbons (Fsp3) is 0.714. The predicted octanol–water partition coefficient (Wildman–Crippen LogP) is 0.573. The second-order valence-electron chi connectivity index (χ2n) is 2.63. The molecule has 4 heteroatoms. The molecule has 0 fully saturated rings. The molecule has 0 aliphatic carbocycles. The van der Waals surface area contributed by atoms with Crippen molar-refractivity contribution in [3.05, 3.63) is 5.92 Å². The van der Waals surface area contributed by atoms with Gasteiger partial charge in [-0.3, -0.25) is 0 Å². The number of hydrogen-bond acceptors (Lipinski definition) is 2. The van der Waals surface area contributed by atoms with Crippen LogP contribution in [0.1, 0.15) is 13.8 Å². The zero-order valence-electron chi connectivity index (χ0n) is 6.87. The number of carboxylic acid groups (broad SMARTS) is 1. The van der Waals surface area contributed by atoms with Crippen LogP contribution in [0, 0.1) is 5.92 Å². The summed E-state index contributed by atoms with van der Waals surface area (Å²) in [5, 5.41) is 17.0. The van der Waals surface area contributed by atoms with E-state index in [1.54, 1.807) is 0 Å². The minimum Gasteiger partial charge on any atom is -0.465 e. The smallest absolute Gasteiger partial charge is 0.407 e. The molecule has 0 unspecified atom stereocenters. The fourth-order valence-corrected chi connectivity index (χ4v) is 0.745. The second-order valence-corrected chi connectivity index (χ2v) is 2.63. The minimum atomic E-state index is -0.986. The van der Waals surface area contributed by atoms with Crippen LogP contribution >= 0.6 is 0 Å². The van der Waals surface area contributed by atoms with Crippen LogP contribution in [0.3, 0.4) is 0 Å². The van der Waals surface area contributed by atoms with Gasteiger partial charge in [0.1, 0.15) is 0 Å². The Bertz CT molecular complexity index is 125. The molecule has 65 valence electrons. The maximum atomic E-state index is 10.4. The van der Waals surface area contributed by atoms with Gasteiger partial charge in [0.25, 0.3) is 0 Å². The molecule has 0 saturated heterocycles. The van der Waals surface area contributed by atoms with Gasteiger partial charge < -0.3 is 15.1 Å². The van der Waals surface area contributed by atoms with E-state index in [4.69, 9.17) is 10.2 Å². The summed E-state index contributed by atoms with van der Waals surface area (Å²) in [5.41, 5.74) is 0. The van der Waals surface area contributed by atoms with Crippen molar-refractivity contribution in [3.8, 4) is 0 Å². The zero-order chi connectivity index (χ0) is 8.85. The Morgan fingerprint density at radius 2 is 2.00 bits per heavy atom. The number of amides is 1. The lowest BCUT2D eigenvalue weighted by Gasteiger charge is -2.19. The number of carbonyl (C=O) groups is 1. The minimum absolute atomic E-state index is 0.125. The summed E-state index contributed by atoms with van der Waals surface area (Å²) in [4.78, 5) is 11.6. The Balaban J connectivity index is 3.79. The topological polar surface area (TPSA) is 60.8 Å². The number of aliphatic hydroxyl groups excluding tert-OH is 1. The van der Waals surface area contributed by atoms with E-state index in [1.807, 2.05) is 13.8 Å². The average Bonchev–Trinajstić information content (AvgIpc) is 1.86. The van der Waals surface area contributed by atoms with E-state index in [2.05, 4.69) is 0 Å². The first kappa shape index (κ1) is 10.2. The van der Waals surface area contributed by atoms with Crippen LogP contribution in [-0.2, 0) is 0 Å². The highest BCUT2D eigenvalue weighted by atomic mass is 16.4. The molecule has 2 N–H and O–H groups in total. The highest BCUT2D eigenvalue weighted by Crippen LogP contribution is 1.99. The van der Waals surface area contributed by atoms with Gasteiger partial charge in [-0.2, -0.15) is 0 Å². The van der Waals surface area contributed by atoms with Crippen molar-refractivity contribution in [2.75, 3.05) is 19.7 Å². The number of nitrogens with zero attached hydrogens (tertiary/aromatic N) is 1. The first-order valence-corrected chi connectivity index (χ1v) is 3.45. The molecule has 0 saturated carbocycles. The number of rotatable bonds is 4. The molecule has 0 bridgehead atoms. The Morgan fingerprint density at radius 1 is 1.45 bits per heavy atom. The molecule has 0 aliphatic rings. The average molecular weight is 160 g/mol. The summed E-state index contributed by atoms with van der Waals surface area (Å²) in [7, 11) is 0. The van der Waals surface area contributed by atoms with Crippen molar-refractivity contribution < 1.29 is 15.0 Å². The van der Waals surface area contributed by atoms with E-state index in [0.29, 0.717) is 6.54 Å². The highest BCUT2D eigenvalue weighted by molar-refractivity contribution is 5.65. The molecular formula is C7H14NO3. The van der Waals surface area contributed by atoms with Crippen LogP contribution in [0.4, 0.5) is 4.79 Å². The fourth-order valence-electron chi connectivity index (χ4n) is 0.745. The van der Waals surface area contributed by atoms with Crippen molar-refractivity contribution in [3.63, 3.8) is 0 Å². The summed E-state index contributed by atoms with van der Waals surface area (Å²) in [6.07, 6.45) is -0.986. The highest BCUT2D eigenvalue weighted by Gasteiger charge is 2.11. The van der Waals surface area contributed by atoms with Gasteiger partial charge in [0.15, 0.2) is 0 Å². The summed E-state index contributed by atoms with van der Waals surface area (Å²) >= 11 is 0. The van der Waals surface area contributed by atoms with Crippen molar-refractivity contribution in [2.24, 2.45) is 0 Å². The molecule has 0 aromatic rings. The van der Waals surface area contributed by atoms with Crippen LogP contribution in [0.2, 0.25) is 0 Å². The second kappa shape index (κ2) is 4.96. The largest absolute Gasteiger partial charge is 0.465 e. The summed E-state index contributed by atoms with van der Waals surface area (Å²) in [6.45, 7) is 4.16. The molecule has 0 heterocycles. The third kappa shape index (κ3) is 4.61. The predicted molar refractivity (Wildman–Crippen MR) is 41.3 cm³/mol. The maximum Gasteiger partial charge on any atom is 0.407 e. The van der Waals surface area contributed by atoms with Gasteiger partial charge in [-0.25, -0.2) is 4.79 Å². The number of hydrogen-bond donors (Lipinski definition) is 2. The lowest BCUT2D eigenvalue weighted by molar-refractivity contribution is 0.134. The molecule has 11 heavy (non-hydrogen) atoms. The van der Waals surface area contributed by atoms with Gasteiger partial charge in [-0.1, -0.05) is 13.8 Å². The van der Waals surface area contributed by atoms with Crippen LogP contribution in [0.5, 0.6) is 0 Å². The quantitative estimate of drug-likeness (QED) is 0.632. The van der Waals surface area contributed by atoms with Crippen LogP contribution in [0.15, 0.2) is 0 Å². The summed E-state index contributed by atoms with van der Waals surface area (Å²) in [5.74, 6) is 1.01. The standard InChI is InChI=1S/C7H14NO3/c1-6(2)5-8(3-4-9)7(10)11/h9H,3-5H2,1-2H3,(H,10,11). The molecular weight excluding hydrogens is 146 g/mol. The van der Waals surface area contributed by atoms with Crippen LogP contribution < -0.4 is 0 Å². The first-order chi connectivity index (χ1) is 5.07. The zero-order valence-corrected chi connectivity index (χ0v) is 6.87. The Kier molecular flexibility index (Phi) is 4.61. The Hall–Kier alpha value is -0.770. The monoisotopic (exact) mass is 160 g/mol. The van der Waals surface area contributed by atoms with Crippen LogP contribution in [-0.4, -0.2) is 40.9 Å². The summed E-state index contributed by atoms with van der Waals surface area (Å²) < 4.78 is 0. The molecule has 0 rings (SSSR count). The van der Waals surface area contributed by atoms with Crippen molar-refractivity contribution >= 4 is 6.09 Å². The molecule has 1 amide bonds. The maximum absolute atomic E-state index is 10.4. The Labute approximate surface area is 66.4 Å². The molecule has 0 atom stereocenters. The summed E-state index contributed by atoms with van der Waals surface area (Å²) in [6, 6.07) is 0. The van der Waals surface area contributed by atoms with Crippen molar-refractivity contribution in [2.45, 2.75) is 13.8 Å².